The number of amides is 2. The first-order chi connectivity index (χ1) is 14.1. The lowest BCUT2D eigenvalue weighted by Gasteiger charge is -2.44. The van der Waals surface area contributed by atoms with Gasteiger partial charge in [-0.3, -0.25) is 9.59 Å². The maximum atomic E-state index is 13.1. The van der Waals surface area contributed by atoms with Gasteiger partial charge in [-0.1, -0.05) is 36.2 Å². The van der Waals surface area contributed by atoms with Crippen molar-refractivity contribution >= 4 is 17.5 Å². The fourth-order valence-corrected chi connectivity index (χ4v) is 4.43. The number of hydrogen-bond acceptors (Lipinski definition) is 3. The molecule has 2 aromatic rings. The van der Waals surface area contributed by atoms with E-state index in [1.165, 1.54) is 12.0 Å². The Morgan fingerprint density at radius 1 is 1.10 bits per heavy atom. The van der Waals surface area contributed by atoms with Crippen molar-refractivity contribution in [3.8, 4) is 0 Å². The Morgan fingerprint density at radius 2 is 1.90 bits per heavy atom. The van der Waals surface area contributed by atoms with Gasteiger partial charge in [-0.05, 0) is 56.9 Å². The fourth-order valence-electron chi connectivity index (χ4n) is 4.43. The van der Waals surface area contributed by atoms with Crippen LogP contribution in [0, 0.1) is 6.92 Å². The van der Waals surface area contributed by atoms with E-state index in [9.17, 15) is 9.59 Å². The summed E-state index contributed by atoms with van der Waals surface area (Å²) in [6, 6.07) is 13.6. The van der Waals surface area contributed by atoms with Gasteiger partial charge >= 0.3 is 0 Å². The van der Waals surface area contributed by atoms with Crippen LogP contribution in [0.4, 0.5) is 5.69 Å². The van der Waals surface area contributed by atoms with Gasteiger partial charge in [-0.2, -0.15) is 0 Å². The molecule has 2 aliphatic heterocycles. The maximum Gasteiger partial charge on any atom is 0.257 e. The maximum absolute atomic E-state index is 13.1. The molecule has 1 N–H and O–H groups in total. The van der Waals surface area contributed by atoms with Crippen LogP contribution in [0.25, 0.3) is 0 Å². The van der Waals surface area contributed by atoms with E-state index < -0.39 is 0 Å². The summed E-state index contributed by atoms with van der Waals surface area (Å²) in [5.74, 6) is -0.0108. The zero-order valence-corrected chi connectivity index (χ0v) is 17.3. The molecular weight excluding hydrogens is 362 g/mol. The van der Waals surface area contributed by atoms with Crippen LogP contribution in [0.2, 0.25) is 0 Å². The van der Waals surface area contributed by atoms with E-state index in [4.69, 9.17) is 0 Å². The van der Waals surface area contributed by atoms with Gasteiger partial charge in [0.25, 0.3) is 11.8 Å². The van der Waals surface area contributed by atoms with Gasteiger partial charge < -0.3 is 15.1 Å². The first-order valence-electron chi connectivity index (χ1n) is 10.6. The highest BCUT2D eigenvalue weighted by Gasteiger charge is 2.37. The fraction of sp³-hybridized carbons (Fsp3) is 0.417. The minimum Gasteiger partial charge on any atom is -0.351 e. The summed E-state index contributed by atoms with van der Waals surface area (Å²) in [5.41, 5.74) is 4.47. The molecule has 2 heterocycles. The molecule has 1 unspecified atom stereocenters. The molecule has 0 radical (unpaired) electrons. The third kappa shape index (κ3) is 3.86. The third-order valence-electron chi connectivity index (χ3n) is 6.06. The molecule has 0 bridgehead atoms. The molecule has 0 aromatic heterocycles. The molecule has 0 saturated carbocycles. The Bertz CT molecular complexity index is 907. The topological polar surface area (TPSA) is 52.7 Å². The lowest BCUT2D eigenvalue weighted by atomic mass is 10.0. The van der Waals surface area contributed by atoms with Gasteiger partial charge in [0.1, 0.15) is 6.17 Å². The Labute approximate surface area is 172 Å². The predicted molar refractivity (Wildman–Crippen MR) is 115 cm³/mol. The van der Waals surface area contributed by atoms with Crippen molar-refractivity contribution in [3.05, 3.63) is 64.7 Å². The van der Waals surface area contributed by atoms with E-state index in [0.29, 0.717) is 17.7 Å². The van der Waals surface area contributed by atoms with Crippen molar-refractivity contribution in [2.75, 3.05) is 18.0 Å². The summed E-state index contributed by atoms with van der Waals surface area (Å²) in [6.45, 7) is 6.29. The van der Waals surface area contributed by atoms with E-state index in [1.807, 2.05) is 48.2 Å². The van der Waals surface area contributed by atoms with Gasteiger partial charge in [-0.15, -0.1) is 0 Å². The average molecular weight is 392 g/mol. The number of nitrogens with zero attached hydrogens (tertiary/aromatic N) is 2. The van der Waals surface area contributed by atoms with Crippen molar-refractivity contribution < 1.29 is 9.59 Å². The van der Waals surface area contributed by atoms with Gasteiger partial charge in [-0.25, -0.2) is 0 Å². The second-order valence-electron chi connectivity index (χ2n) is 8.01. The largest absolute Gasteiger partial charge is 0.351 e. The summed E-state index contributed by atoms with van der Waals surface area (Å²) in [5, 5.41) is 3.00. The normalized spacial score (nSPS) is 18.7. The molecule has 2 aromatic carbocycles. The van der Waals surface area contributed by atoms with E-state index in [1.54, 1.807) is 6.07 Å². The van der Waals surface area contributed by atoms with Gasteiger partial charge in [0.05, 0.1) is 11.3 Å². The molecule has 1 fully saturated rings. The van der Waals surface area contributed by atoms with Crippen LogP contribution in [0.3, 0.4) is 0 Å². The second-order valence-corrected chi connectivity index (χ2v) is 8.01. The second kappa shape index (κ2) is 8.27. The molecule has 5 nitrogen and oxygen atoms in total. The molecule has 2 aliphatic rings. The summed E-state index contributed by atoms with van der Waals surface area (Å²) < 4.78 is 0. The number of hydrogen-bond donors (Lipinski definition) is 1. The molecule has 0 aliphatic carbocycles. The number of fused-ring (bicyclic) bond motifs is 2. The van der Waals surface area contributed by atoms with E-state index in [-0.39, 0.29) is 18.0 Å². The number of carbonyl (C=O) groups excluding carboxylic acids is 2. The van der Waals surface area contributed by atoms with Crippen molar-refractivity contribution in [1.29, 1.82) is 0 Å². The number of nitrogens with one attached hydrogen (secondary N) is 1. The SMILES string of the molecule is CCN1c2cc(C(=O)NCc3ccc(C)cc3)ccc2C(=O)N2CCCCCC21. The highest BCUT2D eigenvalue weighted by Crippen LogP contribution is 2.35. The van der Waals surface area contributed by atoms with Crippen LogP contribution in [-0.2, 0) is 6.54 Å². The average Bonchev–Trinajstić information content (AvgIpc) is 2.99. The van der Waals surface area contributed by atoms with Crippen LogP contribution in [0.1, 0.15) is 64.4 Å². The van der Waals surface area contributed by atoms with Crippen molar-refractivity contribution in [1.82, 2.24) is 10.2 Å². The lowest BCUT2D eigenvalue weighted by Crippen LogP contribution is -2.55. The van der Waals surface area contributed by atoms with E-state index in [0.717, 1.165) is 43.6 Å². The molecule has 5 heteroatoms. The zero-order valence-electron chi connectivity index (χ0n) is 17.3. The monoisotopic (exact) mass is 391 g/mol. The highest BCUT2D eigenvalue weighted by molar-refractivity contribution is 6.04. The van der Waals surface area contributed by atoms with E-state index >= 15 is 0 Å². The number of rotatable bonds is 4. The van der Waals surface area contributed by atoms with Gasteiger partial charge in [0.2, 0.25) is 0 Å². The van der Waals surface area contributed by atoms with Gasteiger partial charge in [0, 0.05) is 25.2 Å². The van der Waals surface area contributed by atoms with Crippen molar-refractivity contribution in [2.45, 2.75) is 52.2 Å². The minimum atomic E-state index is -0.111. The van der Waals surface area contributed by atoms with Crippen LogP contribution < -0.4 is 10.2 Å². The van der Waals surface area contributed by atoms with Crippen LogP contribution >= 0.6 is 0 Å². The molecule has 2 amide bonds. The number of aryl methyl sites for hydroxylation is 1. The van der Waals surface area contributed by atoms with Crippen molar-refractivity contribution in [3.63, 3.8) is 0 Å². The number of benzene rings is 2. The molecule has 1 saturated heterocycles. The summed E-state index contributed by atoms with van der Waals surface area (Å²) in [6.07, 6.45) is 4.46. The lowest BCUT2D eigenvalue weighted by molar-refractivity contribution is 0.0656. The first-order valence-corrected chi connectivity index (χ1v) is 10.6. The quantitative estimate of drug-likeness (QED) is 0.853. The van der Waals surface area contributed by atoms with Gasteiger partial charge in [0.15, 0.2) is 0 Å². The van der Waals surface area contributed by atoms with Crippen molar-refractivity contribution in [2.24, 2.45) is 0 Å². The first kappa shape index (κ1) is 19.5. The van der Waals surface area contributed by atoms with E-state index in [2.05, 4.69) is 17.1 Å². The summed E-state index contributed by atoms with van der Waals surface area (Å²) in [7, 11) is 0. The molecule has 4 rings (SSSR count). The predicted octanol–water partition coefficient (Wildman–Crippen LogP) is 4.11. The highest BCUT2D eigenvalue weighted by atomic mass is 16.2. The molecule has 1 atom stereocenters. The number of anilines is 1. The molecular formula is C24H29N3O2. The number of carbonyl (C=O) groups is 2. The van der Waals surface area contributed by atoms with Crippen LogP contribution in [0.15, 0.2) is 42.5 Å². The standard InChI is InChI=1S/C24H29N3O2/c1-3-26-21-15-19(23(28)25-16-18-10-8-17(2)9-11-18)12-13-20(21)24(29)27-14-6-4-5-7-22(26)27/h8-13,15,22H,3-7,14,16H2,1-2H3,(H,25,28). The summed E-state index contributed by atoms with van der Waals surface area (Å²) >= 11 is 0. The summed E-state index contributed by atoms with van der Waals surface area (Å²) in [4.78, 5) is 30.2. The smallest absolute Gasteiger partial charge is 0.257 e. The van der Waals surface area contributed by atoms with Crippen LogP contribution in [-0.4, -0.2) is 36.0 Å². The molecule has 152 valence electrons. The zero-order chi connectivity index (χ0) is 20.4. The Hall–Kier alpha value is -2.82. The minimum absolute atomic E-state index is 0.100. The Morgan fingerprint density at radius 3 is 2.66 bits per heavy atom. The third-order valence-corrected chi connectivity index (χ3v) is 6.06. The Kier molecular flexibility index (Phi) is 5.56. The molecule has 29 heavy (non-hydrogen) atoms. The Balaban J connectivity index is 1.57. The molecule has 0 spiro atoms. The van der Waals surface area contributed by atoms with Crippen LogP contribution in [0.5, 0.6) is 0 Å².